The van der Waals surface area contributed by atoms with Crippen molar-refractivity contribution in [3.8, 4) is 44.5 Å². The van der Waals surface area contributed by atoms with Crippen LogP contribution in [0.5, 0.6) is 0 Å². The van der Waals surface area contributed by atoms with Crippen LogP contribution in [0.25, 0.3) is 76.8 Å². The standard InChI is InChI=1S/C64H62O6/c1-8-9-11-14-44-16-24-48(25-17-44)56-37-57(49-26-18-45(19-27-49)15-12-10-13-36-68-62(65)41(2)3)53-33-35-55-59(51-30-22-47(23-31-51)40-70-64(67)43(6)7)38-58(54-34-32-52(56)60(53)61(54)55)50-28-20-46(21-29-50)39-69-63(66)42(4)5/h16-35,37-38H,2,4,6,8-15,36,39-40H2,1,3,5,7H3. The largest absolute Gasteiger partial charge is 0.462 e. The maximum Gasteiger partial charge on any atom is 0.333 e. The Kier molecular flexibility index (Phi) is 15.5. The highest BCUT2D eigenvalue weighted by atomic mass is 16.5. The molecule has 0 saturated heterocycles. The quantitative estimate of drug-likeness (QED) is 0.0235. The van der Waals surface area contributed by atoms with Crippen LogP contribution in [-0.4, -0.2) is 24.5 Å². The Morgan fingerprint density at radius 3 is 1.03 bits per heavy atom. The van der Waals surface area contributed by atoms with Gasteiger partial charge in [0.25, 0.3) is 0 Å². The molecule has 0 aliphatic carbocycles. The monoisotopic (exact) mass is 926 g/mol. The summed E-state index contributed by atoms with van der Waals surface area (Å²) in [7, 11) is 0. The van der Waals surface area contributed by atoms with Gasteiger partial charge in [0.05, 0.1) is 6.61 Å². The van der Waals surface area contributed by atoms with Gasteiger partial charge in [0.15, 0.2) is 0 Å². The maximum atomic E-state index is 12.2. The van der Waals surface area contributed by atoms with Crippen molar-refractivity contribution in [2.24, 2.45) is 0 Å². The molecular formula is C64H62O6. The highest BCUT2D eigenvalue weighted by molar-refractivity contribution is 6.32. The number of rotatable bonds is 21. The minimum absolute atomic E-state index is 0.158. The Bertz CT molecular complexity index is 3120. The van der Waals surface area contributed by atoms with E-state index in [-0.39, 0.29) is 19.2 Å². The molecule has 70 heavy (non-hydrogen) atoms. The third-order valence-corrected chi connectivity index (χ3v) is 13.2. The molecule has 0 aliphatic heterocycles. The normalized spacial score (nSPS) is 11.3. The van der Waals surface area contributed by atoms with Gasteiger partial charge in [0.2, 0.25) is 0 Å². The molecule has 0 fully saturated rings. The molecule has 0 aliphatic rings. The average Bonchev–Trinajstić information content (AvgIpc) is 3.37. The molecular weight excluding hydrogens is 865 g/mol. The van der Waals surface area contributed by atoms with Gasteiger partial charge in [-0.3, -0.25) is 0 Å². The summed E-state index contributed by atoms with van der Waals surface area (Å²) in [5.41, 5.74) is 14.5. The van der Waals surface area contributed by atoms with Gasteiger partial charge in [-0.1, -0.05) is 161 Å². The van der Waals surface area contributed by atoms with Crippen LogP contribution in [0.15, 0.2) is 170 Å². The molecule has 8 aromatic rings. The fourth-order valence-electron chi connectivity index (χ4n) is 9.23. The summed E-state index contributed by atoms with van der Waals surface area (Å²) in [5.74, 6) is -1.15. The zero-order valence-corrected chi connectivity index (χ0v) is 41.1. The Balaban J connectivity index is 1.26. The molecule has 0 saturated carbocycles. The summed E-state index contributed by atoms with van der Waals surface area (Å²) < 4.78 is 16.3. The smallest absolute Gasteiger partial charge is 0.333 e. The molecule has 0 amide bonds. The van der Waals surface area contributed by atoms with E-state index < -0.39 is 11.9 Å². The molecule has 0 unspecified atom stereocenters. The summed E-state index contributed by atoms with van der Waals surface area (Å²) in [6.07, 6.45) is 8.40. The Labute approximate surface area is 412 Å². The first-order valence-electron chi connectivity index (χ1n) is 24.5. The second-order valence-electron chi connectivity index (χ2n) is 18.7. The van der Waals surface area contributed by atoms with Crippen molar-refractivity contribution < 1.29 is 28.6 Å². The van der Waals surface area contributed by atoms with Crippen LogP contribution in [-0.2, 0) is 54.6 Å². The Morgan fingerprint density at radius 1 is 0.386 bits per heavy atom. The van der Waals surface area contributed by atoms with Crippen molar-refractivity contribution in [2.45, 2.75) is 92.3 Å². The second-order valence-corrected chi connectivity index (χ2v) is 18.7. The lowest BCUT2D eigenvalue weighted by Gasteiger charge is -2.22. The molecule has 0 heterocycles. The first-order valence-corrected chi connectivity index (χ1v) is 24.5. The minimum atomic E-state index is -0.412. The van der Waals surface area contributed by atoms with Crippen molar-refractivity contribution in [3.05, 3.63) is 192 Å². The lowest BCUT2D eigenvalue weighted by atomic mass is 9.81. The minimum Gasteiger partial charge on any atom is -0.462 e. The van der Waals surface area contributed by atoms with Crippen molar-refractivity contribution in [1.29, 1.82) is 0 Å². The molecule has 0 spiro atoms. The molecule has 0 atom stereocenters. The van der Waals surface area contributed by atoms with E-state index in [1.54, 1.807) is 20.8 Å². The topological polar surface area (TPSA) is 78.9 Å². The van der Waals surface area contributed by atoms with Crippen LogP contribution in [0.3, 0.4) is 0 Å². The summed E-state index contributed by atoms with van der Waals surface area (Å²) in [5, 5.41) is 7.04. The molecule has 8 aromatic carbocycles. The van der Waals surface area contributed by atoms with Gasteiger partial charge in [-0.25, -0.2) is 14.4 Å². The van der Waals surface area contributed by atoms with E-state index in [1.807, 2.05) is 24.3 Å². The average molecular weight is 927 g/mol. The van der Waals surface area contributed by atoms with Crippen molar-refractivity contribution >= 4 is 50.2 Å². The number of hydrogen-bond acceptors (Lipinski definition) is 6. The van der Waals surface area contributed by atoms with E-state index in [1.165, 1.54) is 68.6 Å². The van der Waals surface area contributed by atoms with Crippen LogP contribution in [0, 0.1) is 0 Å². The van der Waals surface area contributed by atoms with E-state index in [2.05, 4.69) is 136 Å². The predicted octanol–water partition coefficient (Wildman–Crippen LogP) is 16.1. The van der Waals surface area contributed by atoms with Gasteiger partial charge in [-0.2, -0.15) is 0 Å². The van der Waals surface area contributed by atoms with Crippen LogP contribution >= 0.6 is 0 Å². The van der Waals surface area contributed by atoms with Gasteiger partial charge in [-0.05, 0) is 171 Å². The SMILES string of the molecule is C=C(C)C(=O)OCCCCCc1ccc(-c2cc(-c3ccc(CCCCC)cc3)c3ccc4c(-c5ccc(COC(=O)C(=C)C)cc5)cc(-c5ccc(COC(=O)C(=C)C)cc5)c5ccc2c3c45)cc1. The van der Waals surface area contributed by atoms with Gasteiger partial charge >= 0.3 is 17.9 Å². The second kappa shape index (κ2) is 22.2. The van der Waals surface area contributed by atoms with E-state index in [9.17, 15) is 14.4 Å². The number of unbranched alkanes of at least 4 members (excludes halogenated alkanes) is 4. The molecule has 6 heteroatoms. The Hall–Kier alpha value is -7.57. The summed E-state index contributed by atoms with van der Waals surface area (Å²) in [6.45, 7) is 19.1. The van der Waals surface area contributed by atoms with Gasteiger partial charge in [0, 0.05) is 16.7 Å². The summed E-state index contributed by atoms with van der Waals surface area (Å²) >= 11 is 0. The third-order valence-electron chi connectivity index (χ3n) is 13.2. The number of benzene rings is 8. The number of carbonyl (C=O) groups is 3. The molecule has 0 bridgehead atoms. The predicted molar refractivity (Wildman–Crippen MR) is 288 cm³/mol. The van der Waals surface area contributed by atoms with Crippen LogP contribution in [0.4, 0.5) is 0 Å². The molecule has 8 rings (SSSR count). The molecule has 0 aromatic heterocycles. The lowest BCUT2D eigenvalue weighted by molar-refractivity contribution is -0.141. The number of esters is 3. The number of aryl methyl sites for hydroxylation is 2. The van der Waals surface area contributed by atoms with E-state index in [0.29, 0.717) is 23.3 Å². The summed E-state index contributed by atoms with van der Waals surface area (Å²) in [6, 6.07) is 48.6. The molecule has 0 radical (unpaired) electrons. The lowest BCUT2D eigenvalue weighted by Crippen LogP contribution is -2.06. The van der Waals surface area contributed by atoms with Crippen molar-refractivity contribution in [2.75, 3.05) is 6.61 Å². The third kappa shape index (κ3) is 11.1. The van der Waals surface area contributed by atoms with Crippen LogP contribution < -0.4 is 0 Å². The number of ether oxygens (including phenoxy) is 3. The van der Waals surface area contributed by atoms with Gasteiger partial charge in [-0.15, -0.1) is 0 Å². The first-order chi connectivity index (χ1) is 33.9. The van der Waals surface area contributed by atoms with E-state index >= 15 is 0 Å². The van der Waals surface area contributed by atoms with Crippen LogP contribution in [0.1, 0.15) is 88.5 Å². The zero-order valence-electron chi connectivity index (χ0n) is 41.1. The fraction of sp³-hybridized carbons (Fsp3) is 0.234. The fourth-order valence-corrected chi connectivity index (χ4v) is 9.23. The Morgan fingerprint density at radius 2 is 0.700 bits per heavy atom. The highest BCUT2D eigenvalue weighted by Gasteiger charge is 2.21. The van der Waals surface area contributed by atoms with Gasteiger partial charge in [0.1, 0.15) is 13.2 Å². The summed E-state index contributed by atoms with van der Waals surface area (Å²) in [4.78, 5) is 36.3. The maximum absolute atomic E-state index is 12.2. The number of hydrogen-bond donors (Lipinski definition) is 0. The molecule has 6 nitrogen and oxygen atoms in total. The first kappa shape index (κ1) is 48.9. The molecule has 354 valence electrons. The van der Waals surface area contributed by atoms with Crippen LogP contribution in [0.2, 0.25) is 0 Å². The van der Waals surface area contributed by atoms with Crippen molar-refractivity contribution in [3.63, 3.8) is 0 Å². The van der Waals surface area contributed by atoms with E-state index in [0.717, 1.165) is 81.8 Å². The van der Waals surface area contributed by atoms with Gasteiger partial charge < -0.3 is 14.2 Å². The van der Waals surface area contributed by atoms with Crippen molar-refractivity contribution in [1.82, 2.24) is 0 Å². The molecule has 0 N–H and O–H groups in total. The number of carbonyl (C=O) groups excluding carboxylic acids is 3. The highest BCUT2D eigenvalue weighted by Crippen LogP contribution is 2.48. The van der Waals surface area contributed by atoms with E-state index in [4.69, 9.17) is 14.2 Å². The zero-order chi connectivity index (χ0) is 49.3.